The molecule has 4 aromatic heterocycles. The van der Waals surface area contributed by atoms with Gasteiger partial charge in [-0.25, -0.2) is 4.85 Å². The van der Waals surface area contributed by atoms with Gasteiger partial charge < -0.3 is 18.0 Å². The fourth-order valence-corrected chi connectivity index (χ4v) is 8.91. The van der Waals surface area contributed by atoms with Crippen molar-refractivity contribution in [3.8, 4) is 28.6 Å². The van der Waals surface area contributed by atoms with E-state index >= 15 is 0 Å². The summed E-state index contributed by atoms with van der Waals surface area (Å²) in [6.45, 7) is 8.12. The van der Waals surface area contributed by atoms with Crippen LogP contribution in [0.3, 0.4) is 0 Å². The first-order chi connectivity index (χ1) is 27.7. The zero-order chi connectivity index (χ0) is 37.1. The van der Waals surface area contributed by atoms with Gasteiger partial charge in [-0.1, -0.05) is 78.9 Å². The lowest BCUT2D eigenvalue weighted by Gasteiger charge is -2.19. The molecule has 0 amide bonds. The van der Waals surface area contributed by atoms with E-state index in [0.29, 0.717) is 11.3 Å². The van der Waals surface area contributed by atoms with E-state index in [9.17, 15) is 5.26 Å². The Morgan fingerprint density at radius 3 is 1.45 bits per heavy atom. The summed E-state index contributed by atoms with van der Waals surface area (Å²) in [7, 11) is 0. The molecule has 0 atom stereocenters. The van der Waals surface area contributed by atoms with E-state index < -0.39 is 0 Å². The maximum absolute atomic E-state index is 10.3. The molecule has 0 aliphatic heterocycles. The standard InChI is InChI=1S/C50H26N4O2/c1-52-30-19-21-44(54-42-15-7-3-11-32(42)38-27-50-40(25-46(38)54)34-13-5-9-17-48(34)56-50)36(23-30)35-22-29(28-51)18-20-43(35)53-41-14-6-2-10-31(41)37-26-49-39(24-45(37)53)33-12-4-8-16-47(33)55-49/h2-27H. The second-order valence-electron chi connectivity index (χ2n) is 14.3. The number of nitrogens with zero attached hydrogens (tertiary/aromatic N) is 4. The van der Waals surface area contributed by atoms with E-state index in [1.54, 1.807) is 0 Å². The zero-order valence-corrected chi connectivity index (χ0v) is 29.6. The van der Waals surface area contributed by atoms with Crippen LogP contribution in [-0.2, 0) is 0 Å². The van der Waals surface area contributed by atoms with Gasteiger partial charge in [-0.15, -0.1) is 0 Å². The first-order valence-corrected chi connectivity index (χ1v) is 18.4. The number of hydrogen-bond donors (Lipinski definition) is 0. The summed E-state index contributed by atoms with van der Waals surface area (Å²) >= 11 is 0. The number of furan rings is 2. The zero-order valence-electron chi connectivity index (χ0n) is 29.6. The fraction of sp³-hybridized carbons (Fsp3) is 0. The Bertz CT molecular complexity index is 3500. The van der Waals surface area contributed by atoms with Gasteiger partial charge in [-0.05, 0) is 84.4 Å². The molecule has 12 aromatic rings. The van der Waals surface area contributed by atoms with Crippen molar-refractivity contribution in [1.29, 1.82) is 5.26 Å². The molecule has 56 heavy (non-hydrogen) atoms. The van der Waals surface area contributed by atoms with E-state index in [1.165, 1.54) is 0 Å². The molecule has 0 spiro atoms. The Morgan fingerprint density at radius 2 is 0.911 bits per heavy atom. The Kier molecular flexibility index (Phi) is 6.10. The summed E-state index contributed by atoms with van der Waals surface area (Å²) in [5.41, 5.74) is 12.0. The van der Waals surface area contributed by atoms with Crippen LogP contribution in [-0.4, -0.2) is 9.13 Å². The van der Waals surface area contributed by atoms with Crippen LogP contribution in [0.5, 0.6) is 0 Å². The smallest absolute Gasteiger partial charge is 0.188 e. The lowest BCUT2D eigenvalue weighted by atomic mass is 9.98. The molecule has 0 aliphatic rings. The van der Waals surface area contributed by atoms with Crippen LogP contribution >= 0.6 is 0 Å². The van der Waals surface area contributed by atoms with Crippen molar-refractivity contribution in [2.75, 3.05) is 0 Å². The summed E-state index contributed by atoms with van der Waals surface area (Å²) in [5, 5.41) is 18.8. The first kappa shape index (κ1) is 30.4. The molecule has 6 nitrogen and oxygen atoms in total. The Balaban J connectivity index is 1.21. The highest BCUT2D eigenvalue weighted by Gasteiger charge is 2.23. The van der Waals surface area contributed by atoms with Crippen LogP contribution in [0.25, 0.3) is 115 Å². The summed E-state index contributed by atoms with van der Waals surface area (Å²) < 4.78 is 17.3. The van der Waals surface area contributed by atoms with Gasteiger partial charge in [-0.2, -0.15) is 5.26 Å². The van der Waals surface area contributed by atoms with Gasteiger partial charge in [0.25, 0.3) is 0 Å². The van der Waals surface area contributed by atoms with E-state index in [0.717, 1.165) is 110 Å². The SMILES string of the molecule is [C-]#[N+]c1ccc(-n2c3ccccc3c3cc4oc5ccccc5c4cc32)c(-c2cc(C#N)ccc2-n2c3ccccc3c3cc4oc5ccccc5c4cc32)c1. The summed E-state index contributed by atoms with van der Waals surface area (Å²) in [6, 6.07) is 56.0. The van der Waals surface area contributed by atoms with Gasteiger partial charge in [0.2, 0.25) is 0 Å². The van der Waals surface area contributed by atoms with Crippen molar-refractivity contribution in [3.63, 3.8) is 0 Å². The molecule has 0 saturated heterocycles. The Hall–Kier alpha value is -8.06. The molecule has 0 N–H and O–H groups in total. The second kappa shape index (κ2) is 11.2. The van der Waals surface area contributed by atoms with Crippen LogP contribution in [0.2, 0.25) is 0 Å². The normalized spacial score (nSPS) is 11.9. The highest BCUT2D eigenvalue weighted by molar-refractivity contribution is 6.19. The van der Waals surface area contributed by atoms with Crippen molar-refractivity contribution in [1.82, 2.24) is 9.13 Å². The topological polar surface area (TPSA) is 64.3 Å². The van der Waals surface area contributed by atoms with Crippen molar-refractivity contribution < 1.29 is 8.83 Å². The van der Waals surface area contributed by atoms with Crippen molar-refractivity contribution in [2.24, 2.45) is 0 Å². The van der Waals surface area contributed by atoms with E-state index in [2.05, 4.69) is 105 Å². The molecule has 258 valence electrons. The number of hydrogen-bond acceptors (Lipinski definition) is 3. The van der Waals surface area contributed by atoms with Gasteiger partial charge in [0.1, 0.15) is 22.3 Å². The minimum absolute atomic E-state index is 0.509. The van der Waals surface area contributed by atoms with Crippen LogP contribution < -0.4 is 0 Å². The Labute approximate surface area is 318 Å². The van der Waals surface area contributed by atoms with E-state index in [4.69, 9.17) is 15.4 Å². The van der Waals surface area contributed by atoms with E-state index in [1.807, 2.05) is 72.8 Å². The molecule has 8 aromatic carbocycles. The predicted octanol–water partition coefficient (Wildman–Crippen LogP) is 13.8. The average molecular weight is 715 g/mol. The van der Waals surface area contributed by atoms with Gasteiger partial charge in [-0.3, -0.25) is 0 Å². The quantitative estimate of drug-likeness (QED) is 0.171. The monoisotopic (exact) mass is 714 g/mol. The highest BCUT2D eigenvalue weighted by Crippen LogP contribution is 2.45. The van der Waals surface area contributed by atoms with Crippen LogP contribution in [0.15, 0.2) is 167 Å². The van der Waals surface area contributed by atoms with Crippen molar-refractivity contribution >= 4 is 93.2 Å². The number of fused-ring (bicyclic) bond motifs is 12. The maximum atomic E-state index is 10.3. The minimum Gasteiger partial charge on any atom is -0.456 e. The molecule has 0 fully saturated rings. The first-order valence-electron chi connectivity index (χ1n) is 18.4. The van der Waals surface area contributed by atoms with Gasteiger partial charge >= 0.3 is 0 Å². The van der Waals surface area contributed by atoms with E-state index in [-0.39, 0.29) is 0 Å². The minimum atomic E-state index is 0.509. The molecule has 4 heterocycles. The number of para-hydroxylation sites is 4. The third kappa shape index (κ3) is 4.13. The molecule has 12 rings (SSSR count). The molecule has 6 heteroatoms. The van der Waals surface area contributed by atoms with Crippen LogP contribution in [0.4, 0.5) is 5.69 Å². The molecule has 0 saturated carbocycles. The average Bonchev–Trinajstić information content (AvgIpc) is 3.99. The summed E-state index contributed by atoms with van der Waals surface area (Å²) in [5.74, 6) is 0. The maximum Gasteiger partial charge on any atom is 0.188 e. The Morgan fingerprint density at radius 1 is 0.429 bits per heavy atom. The summed E-state index contributed by atoms with van der Waals surface area (Å²) in [6.07, 6.45) is 0. The third-order valence-corrected chi connectivity index (χ3v) is 11.3. The van der Waals surface area contributed by atoms with Crippen molar-refractivity contribution in [2.45, 2.75) is 0 Å². The molecule has 0 unspecified atom stereocenters. The number of rotatable bonds is 3. The fourth-order valence-electron chi connectivity index (χ4n) is 8.91. The number of nitriles is 1. The van der Waals surface area contributed by atoms with Crippen LogP contribution in [0, 0.1) is 17.9 Å². The molecule has 0 aliphatic carbocycles. The number of benzene rings is 8. The van der Waals surface area contributed by atoms with Gasteiger partial charge in [0.15, 0.2) is 5.69 Å². The van der Waals surface area contributed by atoms with Crippen molar-refractivity contribution in [3.05, 3.63) is 175 Å². The van der Waals surface area contributed by atoms with Crippen LogP contribution in [0.1, 0.15) is 5.56 Å². The lowest BCUT2D eigenvalue weighted by molar-refractivity contribution is 0.669. The largest absolute Gasteiger partial charge is 0.456 e. The van der Waals surface area contributed by atoms with Gasteiger partial charge in [0.05, 0.1) is 51.6 Å². The number of aromatic nitrogens is 2. The lowest BCUT2D eigenvalue weighted by Crippen LogP contribution is -2.02. The second-order valence-corrected chi connectivity index (χ2v) is 14.3. The predicted molar refractivity (Wildman–Crippen MR) is 226 cm³/mol. The molecular formula is C50H26N4O2. The molecular weight excluding hydrogens is 689 g/mol. The summed E-state index contributed by atoms with van der Waals surface area (Å²) in [4.78, 5) is 3.91. The van der Waals surface area contributed by atoms with Gasteiger partial charge in [0, 0.05) is 48.7 Å². The molecule has 0 radical (unpaired) electrons. The third-order valence-electron chi connectivity index (χ3n) is 11.3. The molecule has 0 bridgehead atoms. The highest BCUT2D eigenvalue weighted by atomic mass is 16.3.